The van der Waals surface area contributed by atoms with Crippen molar-refractivity contribution in [2.45, 2.75) is 33.7 Å². The second-order valence-electron chi connectivity index (χ2n) is 5.16. The minimum atomic E-state index is -0.557. The highest BCUT2D eigenvalue weighted by atomic mass is 16.2. The lowest BCUT2D eigenvalue weighted by molar-refractivity contribution is -0.132. The van der Waals surface area contributed by atoms with Crippen molar-refractivity contribution in [1.29, 1.82) is 0 Å². The third-order valence-electron chi connectivity index (χ3n) is 2.50. The maximum atomic E-state index is 11.6. The third kappa shape index (κ3) is 6.26. The third-order valence-corrected chi connectivity index (χ3v) is 2.50. The van der Waals surface area contributed by atoms with Gasteiger partial charge in [0, 0.05) is 13.6 Å². The fourth-order valence-corrected chi connectivity index (χ4v) is 1.37. The van der Waals surface area contributed by atoms with Gasteiger partial charge in [0.1, 0.15) is 0 Å². The van der Waals surface area contributed by atoms with Crippen LogP contribution in [0.25, 0.3) is 0 Å². The monoisotopic (exact) mass is 243 g/mol. The predicted molar refractivity (Wildman–Crippen MR) is 68.3 cm³/mol. The summed E-state index contributed by atoms with van der Waals surface area (Å²) in [7, 11) is 1.73. The van der Waals surface area contributed by atoms with E-state index in [4.69, 9.17) is 5.73 Å². The normalized spacial score (nSPS) is 12.7. The van der Waals surface area contributed by atoms with Crippen LogP contribution < -0.4 is 11.1 Å². The minimum Gasteiger partial charge on any atom is -0.346 e. The van der Waals surface area contributed by atoms with Gasteiger partial charge >= 0.3 is 0 Å². The van der Waals surface area contributed by atoms with Crippen LogP contribution in [0.3, 0.4) is 0 Å². The van der Waals surface area contributed by atoms with Crippen LogP contribution in [0.15, 0.2) is 0 Å². The van der Waals surface area contributed by atoms with Crippen LogP contribution in [-0.4, -0.2) is 42.9 Å². The van der Waals surface area contributed by atoms with Gasteiger partial charge in [0.25, 0.3) is 0 Å². The Balaban J connectivity index is 4.03. The summed E-state index contributed by atoms with van der Waals surface area (Å²) in [5.41, 5.74) is 5.67. The molecule has 5 nitrogen and oxygen atoms in total. The Hall–Kier alpha value is -1.10. The highest BCUT2D eigenvalue weighted by Gasteiger charge is 2.18. The van der Waals surface area contributed by atoms with E-state index >= 15 is 0 Å². The van der Waals surface area contributed by atoms with E-state index in [0.29, 0.717) is 12.5 Å². The smallest absolute Gasteiger partial charge is 0.241 e. The second-order valence-corrected chi connectivity index (χ2v) is 5.16. The molecular weight excluding hydrogens is 218 g/mol. The molecule has 0 bridgehead atoms. The number of nitrogens with zero attached hydrogens (tertiary/aromatic N) is 1. The number of hydrogen-bond donors (Lipinski definition) is 2. The molecule has 0 aromatic heterocycles. The summed E-state index contributed by atoms with van der Waals surface area (Å²) >= 11 is 0. The molecule has 0 rings (SSSR count). The zero-order valence-corrected chi connectivity index (χ0v) is 11.5. The van der Waals surface area contributed by atoms with Gasteiger partial charge in [-0.3, -0.25) is 9.59 Å². The average molecular weight is 243 g/mol. The van der Waals surface area contributed by atoms with Gasteiger partial charge in [-0.2, -0.15) is 0 Å². The van der Waals surface area contributed by atoms with Gasteiger partial charge in [0.15, 0.2) is 0 Å². The van der Waals surface area contributed by atoms with E-state index in [1.807, 2.05) is 27.7 Å². The lowest BCUT2D eigenvalue weighted by atomic mass is 10.1. The SMILES string of the molecule is CC(C)CN(C)C(=O)CNC(=O)[C@@H](N)C(C)C. The van der Waals surface area contributed by atoms with Crippen LogP contribution in [0.5, 0.6) is 0 Å². The Kier molecular flexibility index (Phi) is 6.80. The van der Waals surface area contributed by atoms with Crippen molar-refractivity contribution in [1.82, 2.24) is 10.2 Å². The van der Waals surface area contributed by atoms with Crippen LogP contribution in [0.2, 0.25) is 0 Å². The first-order valence-corrected chi connectivity index (χ1v) is 6.03. The number of carbonyl (C=O) groups is 2. The van der Waals surface area contributed by atoms with Gasteiger partial charge in [0.05, 0.1) is 12.6 Å². The highest BCUT2D eigenvalue weighted by Crippen LogP contribution is 1.98. The molecule has 0 aromatic carbocycles. The number of likely N-dealkylation sites (N-methyl/N-ethyl adjacent to an activating group) is 1. The Morgan fingerprint density at radius 3 is 2.18 bits per heavy atom. The summed E-state index contributed by atoms with van der Waals surface area (Å²) in [6, 6.07) is -0.557. The quantitative estimate of drug-likeness (QED) is 0.700. The van der Waals surface area contributed by atoms with E-state index in [0.717, 1.165) is 0 Å². The number of carbonyl (C=O) groups excluding carboxylic acids is 2. The summed E-state index contributed by atoms with van der Waals surface area (Å²) in [4.78, 5) is 24.8. The number of nitrogens with one attached hydrogen (secondary N) is 1. The molecule has 17 heavy (non-hydrogen) atoms. The molecule has 0 aliphatic carbocycles. The van der Waals surface area contributed by atoms with E-state index < -0.39 is 6.04 Å². The molecule has 0 spiro atoms. The number of hydrogen-bond acceptors (Lipinski definition) is 3. The van der Waals surface area contributed by atoms with Crippen molar-refractivity contribution in [3.63, 3.8) is 0 Å². The zero-order valence-electron chi connectivity index (χ0n) is 11.5. The molecule has 0 unspecified atom stereocenters. The molecule has 0 aliphatic heterocycles. The van der Waals surface area contributed by atoms with Crippen LogP contribution in [0.4, 0.5) is 0 Å². The molecule has 0 heterocycles. The first-order chi connectivity index (χ1) is 7.75. The highest BCUT2D eigenvalue weighted by molar-refractivity contribution is 5.87. The summed E-state index contributed by atoms with van der Waals surface area (Å²) < 4.78 is 0. The van der Waals surface area contributed by atoms with Crippen LogP contribution >= 0.6 is 0 Å². The number of rotatable bonds is 6. The van der Waals surface area contributed by atoms with Crippen molar-refractivity contribution >= 4 is 11.8 Å². The summed E-state index contributed by atoms with van der Waals surface area (Å²) in [6.45, 7) is 8.52. The molecule has 0 saturated carbocycles. The Morgan fingerprint density at radius 2 is 1.76 bits per heavy atom. The van der Waals surface area contributed by atoms with Gasteiger partial charge in [-0.25, -0.2) is 0 Å². The maximum Gasteiger partial charge on any atom is 0.241 e. The summed E-state index contributed by atoms with van der Waals surface area (Å²) in [5.74, 6) is 0.116. The molecule has 0 fully saturated rings. The minimum absolute atomic E-state index is 0.0163. The van der Waals surface area contributed by atoms with E-state index in [2.05, 4.69) is 5.32 Å². The molecular formula is C12H25N3O2. The van der Waals surface area contributed by atoms with E-state index in [-0.39, 0.29) is 24.3 Å². The average Bonchev–Trinajstić information content (AvgIpc) is 2.22. The van der Waals surface area contributed by atoms with Gasteiger partial charge in [-0.05, 0) is 11.8 Å². The lowest BCUT2D eigenvalue weighted by Crippen LogP contribution is -2.47. The van der Waals surface area contributed by atoms with Crippen molar-refractivity contribution in [2.24, 2.45) is 17.6 Å². The molecule has 0 aliphatic rings. The molecule has 3 N–H and O–H groups in total. The van der Waals surface area contributed by atoms with Crippen molar-refractivity contribution in [3.05, 3.63) is 0 Å². The molecule has 2 amide bonds. The molecule has 0 saturated heterocycles. The topological polar surface area (TPSA) is 75.4 Å². The molecule has 100 valence electrons. The molecule has 0 aromatic rings. The fourth-order valence-electron chi connectivity index (χ4n) is 1.37. The summed E-state index contributed by atoms with van der Waals surface area (Å²) in [6.07, 6.45) is 0. The van der Waals surface area contributed by atoms with E-state index in [1.54, 1.807) is 11.9 Å². The fraction of sp³-hybridized carbons (Fsp3) is 0.833. The lowest BCUT2D eigenvalue weighted by Gasteiger charge is -2.20. The van der Waals surface area contributed by atoms with Gasteiger partial charge in [0.2, 0.25) is 11.8 Å². The van der Waals surface area contributed by atoms with Gasteiger partial charge in [-0.1, -0.05) is 27.7 Å². The van der Waals surface area contributed by atoms with Crippen molar-refractivity contribution < 1.29 is 9.59 Å². The Morgan fingerprint density at radius 1 is 1.24 bits per heavy atom. The van der Waals surface area contributed by atoms with E-state index in [9.17, 15) is 9.59 Å². The Bertz CT molecular complexity index is 264. The molecule has 0 radical (unpaired) electrons. The van der Waals surface area contributed by atoms with Gasteiger partial charge < -0.3 is 16.0 Å². The first kappa shape index (κ1) is 15.9. The molecule has 1 atom stereocenters. The zero-order chi connectivity index (χ0) is 13.6. The predicted octanol–water partition coefficient (Wildman–Crippen LogP) is 0.200. The molecule has 5 heteroatoms. The number of amides is 2. The first-order valence-electron chi connectivity index (χ1n) is 6.03. The van der Waals surface area contributed by atoms with Gasteiger partial charge in [-0.15, -0.1) is 0 Å². The maximum absolute atomic E-state index is 11.6. The Labute approximate surface area is 104 Å². The van der Waals surface area contributed by atoms with Crippen LogP contribution in [0.1, 0.15) is 27.7 Å². The van der Waals surface area contributed by atoms with Crippen LogP contribution in [0, 0.1) is 11.8 Å². The van der Waals surface area contributed by atoms with Crippen molar-refractivity contribution in [3.8, 4) is 0 Å². The van der Waals surface area contributed by atoms with Crippen molar-refractivity contribution in [2.75, 3.05) is 20.1 Å². The van der Waals surface area contributed by atoms with Crippen LogP contribution in [-0.2, 0) is 9.59 Å². The summed E-state index contributed by atoms with van der Waals surface area (Å²) in [5, 5.41) is 2.56. The number of nitrogens with two attached hydrogens (primary N) is 1. The largest absolute Gasteiger partial charge is 0.346 e. The standard InChI is InChI=1S/C12H25N3O2/c1-8(2)7-15(5)10(16)6-14-12(17)11(13)9(3)4/h8-9,11H,6-7,13H2,1-5H3,(H,14,17)/t11-/m0/s1. The van der Waals surface area contributed by atoms with E-state index in [1.165, 1.54) is 0 Å². The second kappa shape index (κ2) is 7.27.